The number of rotatable bonds is 2. The molecule has 0 heterocycles. The Kier molecular flexibility index (Phi) is 3.21. The lowest BCUT2D eigenvalue weighted by atomic mass is 9.99. The number of non-ortho nitro benzene ring substituents is 1. The van der Waals surface area contributed by atoms with Crippen LogP contribution in [0, 0.1) is 33.1 Å². The molecule has 0 N–H and O–H groups in total. The van der Waals surface area contributed by atoms with Crippen LogP contribution < -0.4 is 0 Å². The van der Waals surface area contributed by atoms with E-state index in [1.165, 1.54) is 18.2 Å². The van der Waals surface area contributed by atoms with E-state index in [0.717, 1.165) is 12.1 Å². The molecule has 0 spiro atoms. The summed E-state index contributed by atoms with van der Waals surface area (Å²) in [7, 11) is 0. The Morgan fingerprint density at radius 3 is 2.37 bits per heavy atom. The molecule has 6 heteroatoms. The Bertz CT molecular complexity index is 708. The second-order valence-corrected chi connectivity index (χ2v) is 3.72. The summed E-state index contributed by atoms with van der Waals surface area (Å²) in [5, 5.41) is 19.6. The van der Waals surface area contributed by atoms with Gasteiger partial charge in [-0.2, -0.15) is 5.26 Å². The lowest BCUT2D eigenvalue weighted by Gasteiger charge is -2.05. The summed E-state index contributed by atoms with van der Waals surface area (Å²) in [6.07, 6.45) is 0. The van der Waals surface area contributed by atoms with Gasteiger partial charge < -0.3 is 0 Å². The Hall–Kier alpha value is -2.81. The van der Waals surface area contributed by atoms with Crippen LogP contribution in [0.15, 0.2) is 36.4 Å². The first-order valence-electron chi connectivity index (χ1n) is 5.17. The van der Waals surface area contributed by atoms with Crippen molar-refractivity contribution in [2.75, 3.05) is 0 Å². The van der Waals surface area contributed by atoms with Crippen molar-refractivity contribution in [2.45, 2.75) is 0 Å². The van der Waals surface area contributed by atoms with Gasteiger partial charge in [-0.3, -0.25) is 10.1 Å². The molecule has 0 radical (unpaired) electrons. The van der Waals surface area contributed by atoms with Crippen LogP contribution in [-0.2, 0) is 0 Å². The van der Waals surface area contributed by atoms with Crippen molar-refractivity contribution < 1.29 is 13.7 Å². The second-order valence-electron chi connectivity index (χ2n) is 3.72. The van der Waals surface area contributed by atoms with Crippen LogP contribution in [0.25, 0.3) is 11.1 Å². The first-order valence-corrected chi connectivity index (χ1v) is 5.17. The van der Waals surface area contributed by atoms with Crippen LogP contribution in [-0.4, -0.2) is 4.92 Å². The minimum atomic E-state index is -0.828. The lowest BCUT2D eigenvalue weighted by Crippen LogP contribution is -1.93. The van der Waals surface area contributed by atoms with Gasteiger partial charge in [-0.25, -0.2) is 8.78 Å². The van der Waals surface area contributed by atoms with Crippen molar-refractivity contribution in [3.8, 4) is 17.2 Å². The van der Waals surface area contributed by atoms with Crippen LogP contribution >= 0.6 is 0 Å². The van der Waals surface area contributed by atoms with E-state index in [2.05, 4.69) is 0 Å². The molecule has 0 fully saturated rings. The molecule has 0 aromatic heterocycles. The summed E-state index contributed by atoms with van der Waals surface area (Å²) >= 11 is 0. The highest BCUT2D eigenvalue weighted by Crippen LogP contribution is 2.29. The largest absolute Gasteiger partial charge is 0.270 e. The predicted molar refractivity (Wildman–Crippen MR) is 63.2 cm³/mol. The number of halogens is 2. The zero-order chi connectivity index (χ0) is 14.0. The third kappa shape index (κ3) is 2.40. The van der Waals surface area contributed by atoms with E-state index >= 15 is 0 Å². The van der Waals surface area contributed by atoms with E-state index in [1.807, 2.05) is 0 Å². The van der Waals surface area contributed by atoms with Crippen molar-refractivity contribution in [1.29, 1.82) is 5.26 Å². The predicted octanol–water partition coefficient (Wildman–Crippen LogP) is 3.41. The maximum atomic E-state index is 13.6. The van der Waals surface area contributed by atoms with Gasteiger partial charge in [0, 0.05) is 29.3 Å². The first-order chi connectivity index (χ1) is 9.02. The average molecular weight is 260 g/mol. The molecule has 0 aliphatic rings. The molecule has 2 aromatic rings. The Morgan fingerprint density at radius 2 is 1.79 bits per heavy atom. The maximum absolute atomic E-state index is 13.6. The molecule has 0 unspecified atom stereocenters. The highest BCUT2D eigenvalue weighted by atomic mass is 19.1. The van der Waals surface area contributed by atoms with Crippen molar-refractivity contribution in [2.24, 2.45) is 0 Å². The van der Waals surface area contributed by atoms with E-state index in [9.17, 15) is 18.9 Å². The molecular weight excluding hydrogens is 254 g/mol. The highest BCUT2D eigenvalue weighted by molar-refractivity contribution is 5.72. The monoisotopic (exact) mass is 260 g/mol. The third-order valence-corrected chi connectivity index (χ3v) is 2.56. The van der Waals surface area contributed by atoms with Gasteiger partial charge in [0.25, 0.3) is 5.69 Å². The normalized spacial score (nSPS) is 9.95. The lowest BCUT2D eigenvalue weighted by molar-refractivity contribution is -0.384. The molecule has 0 saturated carbocycles. The molecule has 0 saturated heterocycles. The minimum absolute atomic E-state index is 0.0212. The van der Waals surface area contributed by atoms with Gasteiger partial charge in [-0.05, 0) is 18.2 Å². The molecule has 2 rings (SSSR count). The number of hydrogen-bond donors (Lipinski definition) is 0. The summed E-state index contributed by atoms with van der Waals surface area (Å²) in [5.74, 6) is -1.56. The zero-order valence-corrected chi connectivity index (χ0v) is 9.43. The Balaban J connectivity index is 2.63. The summed E-state index contributed by atoms with van der Waals surface area (Å²) in [4.78, 5) is 9.95. The van der Waals surface area contributed by atoms with Crippen molar-refractivity contribution >= 4 is 5.69 Å². The first kappa shape index (κ1) is 12.6. The summed E-state index contributed by atoms with van der Waals surface area (Å²) in [6, 6.07) is 8.19. The van der Waals surface area contributed by atoms with Gasteiger partial charge in [0.15, 0.2) is 0 Å². The van der Waals surface area contributed by atoms with Gasteiger partial charge in [0.2, 0.25) is 0 Å². The number of nitro benzene ring substituents is 1. The van der Waals surface area contributed by atoms with Gasteiger partial charge in [-0.1, -0.05) is 0 Å². The van der Waals surface area contributed by atoms with E-state index in [1.54, 1.807) is 6.07 Å². The fraction of sp³-hybridized carbons (Fsp3) is 0. The fourth-order valence-corrected chi connectivity index (χ4v) is 1.68. The quantitative estimate of drug-likeness (QED) is 0.613. The molecule has 0 aliphatic carbocycles. The van der Waals surface area contributed by atoms with E-state index in [-0.39, 0.29) is 22.4 Å². The van der Waals surface area contributed by atoms with Crippen molar-refractivity contribution in [3.63, 3.8) is 0 Å². The Labute approximate surface area is 106 Å². The maximum Gasteiger partial charge on any atom is 0.270 e. The topological polar surface area (TPSA) is 66.9 Å². The highest BCUT2D eigenvalue weighted by Gasteiger charge is 2.14. The molecule has 0 atom stereocenters. The number of nitro groups is 1. The number of nitriles is 1. The molecule has 2 aromatic carbocycles. The number of benzene rings is 2. The molecular formula is C13H6F2N2O2. The van der Waals surface area contributed by atoms with E-state index in [0.29, 0.717) is 6.07 Å². The molecule has 0 aliphatic heterocycles. The molecule has 0 amide bonds. The summed E-state index contributed by atoms with van der Waals surface area (Å²) < 4.78 is 26.4. The third-order valence-electron chi connectivity index (χ3n) is 2.56. The van der Waals surface area contributed by atoms with Gasteiger partial charge in [0.05, 0.1) is 10.5 Å². The van der Waals surface area contributed by atoms with Crippen LogP contribution in [0.1, 0.15) is 5.56 Å². The van der Waals surface area contributed by atoms with Crippen LogP contribution in [0.2, 0.25) is 0 Å². The molecule has 19 heavy (non-hydrogen) atoms. The van der Waals surface area contributed by atoms with E-state index < -0.39 is 16.6 Å². The van der Waals surface area contributed by atoms with Crippen LogP contribution in [0.3, 0.4) is 0 Å². The smallest absolute Gasteiger partial charge is 0.258 e. The van der Waals surface area contributed by atoms with Crippen molar-refractivity contribution in [3.05, 3.63) is 63.7 Å². The van der Waals surface area contributed by atoms with E-state index in [4.69, 9.17) is 5.26 Å². The minimum Gasteiger partial charge on any atom is -0.258 e. The SMILES string of the molecule is N#Cc1cc([N+](=O)[O-])ccc1-c1ccc(F)cc1F. The summed E-state index contributed by atoms with van der Waals surface area (Å²) in [5.41, 5.74) is -0.0963. The fourth-order valence-electron chi connectivity index (χ4n) is 1.68. The Morgan fingerprint density at radius 1 is 1.11 bits per heavy atom. The zero-order valence-electron chi connectivity index (χ0n) is 9.43. The second kappa shape index (κ2) is 4.82. The van der Waals surface area contributed by atoms with Crippen LogP contribution in [0.4, 0.5) is 14.5 Å². The average Bonchev–Trinajstić information content (AvgIpc) is 2.38. The van der Waals surface area contributed by atoms with Gasteiger partial charge in [-0.15, -0.1) is 0 Å². The van der Waals surface area contributed by atoms with Gasteiger partial charge >= 0.3 is 0 Å². The molecule has 0 bridgehead atoms. The van der Waals surface area contributed by atoms with Crippen molar-refractivity contribution in [1.82, 2.24) is 0 Å². The van der Waals surface area contributed by atoms with Gasteiger partial charge in [0.1, 0.15) is 17.7 Å². The number of hydrogen-bond acceptors (Lipinski definition) is 3. The van der Waals surface area contributed by atoms with Crippen LogP contribution in [0.5, 0.6) is 0 Å². The molecule has 4 nitrogen and oxygen atoms in total. The molecule has 94 valence electrons. The number of nitrogens with zero attached hydrogens (tertiary/aromatic N) is 2. The summed E-state index contributed by atoms with van der Waals surface area (Å²) in [6.45, 7) is 0. The standard InChI is InChI=1S/C13H6F2N2O2/c14-9-1-3-12(13(15)6-9)11-4-2-10(17(18)19)5-8(11)7-16/h1-6H.